The van der Waals surface area contributed by atoms with Gasteiger partial charge in [0.05, 0.1) is 17.4 Å². The Morgan fingerprint density at radius 2 is 1.77 bits per heavy atom. The van der Waals surface area contributed by atoms with Gasteiger partial charge < -0.3 is 4.74 Å². The van der Waals surface area contributed by atoms with Gasteiger partial charge in [0.15, 0.2) is 0 Å². The minimum atomic E-state index is -0.572. The zero-order valence-corrected chi connectivity index (χ0v) is 15.2. The Kier molecular flexibility index (Phi) is 5.25. The maximum atomic E-state index is 12.9. The van der Waals surface area contributed by atoms with Gasteiger partial charge in [0.2, 0.25) is 0 Å². The quantitative estimate of drug-likeness (QED) is 0.771. The molecule has 0 aromatic carbocycles. The second-order valence-corrected chi connectivity index (χ2v) is 7.13. The number of carbonyl (C=O) groups is 1. The molecule has 0 bridgehead atoms. The predicted molar refractivity (Wildman–Crippen MR) is 96.2 cm³/mol. The van der Waals surface area contributed by atoms with Crippen molar-refractivity contribution in [1.82, 2.24) is 24.8 Å². The smallest absolute Gasteiger partial charge is 0.410 e. The molecule has 0 radical (unpaired) electrons. The van der Waals surface area contributed by atoms with E-state index in [1.165, 1.54) is 12.7 Å². The van der Waals surface area contributed by atoms with Crippen molar-refractivity contribution in [3.8, 4) is 0 Å². The molecule has 1 aliphatic rings. The maximum absolute atomic E-state index is 12.9. The number of aromatic nitrogens is 4. The number of ether oxygens (including phenoxy) is 1. The molecular weight excluding hydrogens is 330 g/mol. The second-order valence-electron chi connectivity index (χ2n) is 7.13. The number of hydrogen-bond acceptors (Lipinski definition) is 6. The molecule has 26 heavy (non-hydrogen) atoms. The summed E-state index contributed by atoms with van der Waals surface area (Å²) in [6, 6.07) is 3.36. The van der Waals surface area contributed by atoms with Gasteiger partial charge in [-0.2, -0.15) is 0 Å². The molecule has 2 aromatic rings. The normalized spacial score (nSPS) is 20.5. The first-order valence-corrected chi connectivity index (χ1v) is 8.64. The van der Waals surface area contributed by atoms with Crippen molar-refractivity contribution >= 4 is 6.09 Å². The van der Waals surface area contributed by atoms with Gasteiger partial charge in [-0.05, 0) is 39.3 Å². The van der Waals surface area contributed by atoms with Gasteiger partial charge in [0, 0.05) is 24.9 Å². The molecule has 0 fully saturated rings. The van der Waals surface area contributed by atoms with Gasteiger partial charge >= 0.3 is 6.09 Å². The summed E-state index contributed by atoms with van der Waals surface area (Å²) >= 11 is 0. The van der Waals surface area contributed by atoms with Crippen LogP contribution in [-0.2, 0) is 4.74 Å². The molecule has 136 valence electrons. The van der Waals surface area contributed by atoms with E-state index in [1.807, 2.05) is 32.9 Å². The number of hydrogen-bond donors (Lipinski definition) is 0. The third kappa shape index (κ3) is 4.22. The maximum Gasteiger partial charge on any atom is 0.410 e. The highest BCUT2D eigenvalue weighted by Gasteiger charge is 2.36. The van der Waals surface area contributed by atoms with Crippen molar-refractivity contribution in [2.24, 2.45) is 0 Å². The van der Waals surface area contributed by atoms with Crippen LogP contribution in [0.2, 0.25) is 0 Å². The minimum Gasteiger partial charge on any atom is -0.444 e. The molecule has 0 aliphatic carbocycles. The van der Waals surface area contributed by atoms with E-state index >= 15 is 0 Å². The van der Waals surface area contributed by atoms with Gasteiger partial charge in [-0.3, -0.25) is 4.90 Å². The average molecular weight is 353 g/mol. The summed E-state index contributed by atoms with van der Waals surface area (Å²) in [5.74, 6) is -0.150. The van der Waals surface area contributed by atoms with Gasteiger partial charge in [-0.15, -0.1) is 0 Å². The second kappa shape index (κ2) is 7.59. The van der Waals surface area contributed by atoms with Crippen LogP contribution >= 0.6 is 0 Å². The zero-order valence-electron chi connectivity index (χ0n) is 15.2. The van der Waals surface area contributed by atoms with E-state index in [0.29, 0.717) is 6.54 Å². The summed E-state index contributed by atoms with van der Waals surface area (Å²) < 4.78 is 5.65. The molecule has 0 saturated carbocycles. The summed E-state index contributed by atoms with van der Waals surface area (Å²) in [6.07, 6.45) is 10.9. The number of carbonyl (C=O) groups excluding carboxylic acids is 1. The Bertz CT molecular complexity index is 759. The van der Waals surface area contributed by atoms with Crippen LogP contribution in [0, 0.1) is 0 Å². The first kappa shape index (κ1) is 18.0. The molecular formula is C19H23N5O2. The van der Waals surface area contributed by atoms with E-state index in [4.69, 9.17) is 4.74 Å². The molecule has 0 N–H and O–H groups in total. The Morgan fingerprint density at radius 3 is 2.35 bits per heavy atom. The van der Waals surface area contributed by atoms with Crippen LogP contribution in [0.25, 0.3) is 0 Å². The Labute approximate surface area is 153 Å². The first-order chi connectivity index (χ1) is 12.5. The van der Waals surface area contributed by atoms with Crippen molar-refractivity contribution in [3.05, 3.63) is 60.7 Å². The van der Waals surface area contributed by atoms with Gasteiger partial charge in [-0.25, -0.2) is 24.7 Å². The highest BCUT2D eigenvalue weighted by atomic mass is 16.6. The molecule has 0 spiro atoms. The fraction of sp³-hybridized carbons (Fsp3) is 0.421. The SMILES string of the molecule is CC(C)(C)OC(=O)N1CCC=CC(c2ccncn2)C1c1ccncn1. The van der Waals surface area contributed by atoms with Crippen molar-refractivity contribution in [3.63, 3.8) is 0 Å². The summed E-state index contributed by atoms with van der Waals surface area (Å²) in [5, 5.41) is 0. The summed E-state index contributed by atoms with van der Waals surface area (Å²) in [7, 11) is 0. The zero-order chi connectivity index (χ0) is 18.6. The number of amides is 1. The van der Waals surface area contributed by atoms with Crippen LogP contribution in [0.3, 0.4) is 0 Å². The monoisotopic (exact) mass is 353 g/mol. The minimum absolute atomic E-state index is 0.150. The van der Waals surface area contributed by atoms with Crippen LogP contribution in [0.15, 0.2) is 49.3 Å². The largest absolute Gasteiger partial charge is 0.444 e. The van der Waals surface area contributed by atoms with Crippen molar-refractivity contribution in [2.75, 3.05) is 6.54 Å². The standard InChI is InChI=1S/C19H23N5O2/c1-19(2,3)26-18(25)24-11-5-4-6-14(15-7-9-20-12-22-15)17(24)16-8-10-21-13-23-16/h4,6-10,12-14,17H,5,11H2,1-3H3. The molecule has 0 saturated heterocycles. The van der Waals surface area contributed by atoms with Crippen LogP contribution in [-0.4, -0.2) is 43.1 Å². The van der Waals surface area contributed by atoms with E-state index in [0.717, 1.165) is 17.8 Å². The van der Waals surface area contributed by atoms with E-state index in [2.05, 4.69) is 32.1 Å². The van der Waals surface area contributed by atoms with Crippen LogP contribution < -0.4 is 0 Å². The van der Waals surface area contributed by atoms with Gasteiger partial charge in [0.25, 0.3) is 0 Å². The molecule has 3 rings (SSSR count). The summed E-state index contributed by atoms with van der Waals surface area (Å²) in [6.45, 7) is 6.13. The van der Waals surface area contributed by atoms with E-state index in [-0.39, 0.29) is 18.1 Å². The van der Waals surface area contributed by atoms with Crippen LogP contribution in [0.4, 0.5) is 4.79 Å². The Morgan fingerprint density at radius 1 is 1.12 bits per heavy atom. The van der Waals surface area contributed by atoms with Crippen molar-refractivity contribution < 1.29 is 9.53 Å². The average Bonchev–Trinajstić information content (AvgIpc) is 2.85. The predicted octanol–water partition coefficient (Wildman–Crippen LogP) is 3.29. The van der Waals surface area contributed by atoms with Gasteiger partial charge in [-0.1, -0.05) is 12.2 Å². The fourth-order valence-corrected chi connectivity index (χ4v) is 3.00. The lowest BCUT2D eigenvalue weighted by molar-refractivity contribution is 0.0147. The van der Waals surface area contributed by atoms with Crippen LogP contribution in [0.1, 0.15) is 50.5 Å². The summed E-state index contributed by atoms with van der Waals surface area (Å²) in [5.41, 5.74) is 1.01. The van der Waals surface area contributed by atoms with E-state index < -0.39 is 5.60 Å². The van der Waals surface area contributed by atoms with Gasteiger partial charge in [0.1, 0.15) is 18.3 Å². The summed E-state index contributed by atoms with van der Waals surface area (Å²) in [4.78, 5) is 31.5. The highest BCUT2D eigenvalue weighted by Crippen LogP contribution is 2.37. The lowest BCUT2D eigenvalue weighted by Gasteiger charge is -2.35. The molecule has 2 atom stereocenters. The molecule has 1 amide bonds. The first-order valence-electron chi connectivity index (χ1n) is 8.64. The molecule has 7 heteroatoms. The fourth-order valence-electron chi connectivity index (χ4n) is 3.00. The van der Waals surface area contributed by atoms with Crippen molar-refractivity contribution in [2.45, 2.75) is 44.8 Å². The van der Waals surface area contributed by atoms with E-state index in [9.17, 15) is 4.79 Å². The lowest BCUT2D eigenvalue weighted by atomic mass is 9.92. The Balaban J connectivity index is 2.04. The third-order valence-corrected chi connectivity index (χ3v) is 4.04. The molecule has 1 aliphatic heterocycles. The molecule has 2 unspecified atom stereocenters. The topological polar surface area (TPSA) is 81.1 Å². The molecule has 3 heterocycles. The molecule has 2 aromatic heterocycles. The van der Waals surface area contributed by atoms with Crippen LogP contribution in [0.5, 0.6) is 0 Å². The third-order valence-electron chi connectivity index (χ3n) is 4.04. The van der Waals surface area contributed by atoms with Crippen molar-refractivity contribution in [1.29, 1.82) is 0 Å². The highest BCUT2D eigenvalue weighted by molar-refractivity contribution is 5.69. The van der Waals surface area contributed by atoms with E-state index in [1.54, 1.807) is 17.3 Å². The number of nitrogens with zero attached hydrogens (tertiary/aromatic N) is 5. The number of rotatable bonds is 2. The Hall–Kier alpha value is -2.83. The lowest BCUT2D eigenvalue weighted by Crippen LogP contribution is -2.41. The molecule has 7 nitrogen and oxygen atoms in total.